The maximum atomic E-state index is 12.9. The number of nitrogens with one attached hydrogen (secondary N) is 1. The first kappa shape index (κ1) is 23.5. The van der Waals surface area contributed by atoms with Crippen LogP contribution in [0.25, 0.3) is 0 Å². The van der Waals surface area contributed by atoms with Gasteiger partial charge in [0.25, 0.3) is 0 Å². The molecule has 0 amide bonds. The normalized spacial score (nSPS) is 12.6. The molecule has 0 radical (unpaired) electrons. The fourth-order valence-corrected chi connectivity index (χ4v) is 4.68. The number of halogens is 2. The summed E-state index contributed by atoms with van der Waals surface area (Å²) in [4.78, 5) is 8.96. The van der Waals surface area contributed by atoms with Gasteiger partial charge in [-0.3, -0.25) is 0 Å². The molecule has 0 saturated carbocycles. The van der Waals surface area contributed by atoms with Crippen molar-refractivity contribution in [2.75, 3.05) is 0 Å². The molecule has 9 heteroatoms. The van der Waals surface area contributed by atoms with E-state index >= 15 is 0 Å². The molecule has 0 aliphatic rings. The lowest BCUT2D eigenvalue weighted by Crippen LogP contribution is -2.28. The van der Waals surface area contributed by atoms with E-state index in [1.807, 2.05) is 38.1 Å². The number of sulfonamides is 1. The summed E-state index contributed by atoms with van der Waals surface area (Å²) in [5.41, 5.74) is 2.41. The van der Waals surface area contributed by atoms with Crippen LogP contribution >= 0.6 is 23.2 Å². The summed E-state index contributed by atoms with van der Waals surface area (Å²) in [5.74, 6) is 1.54. The number of nitrogens with zero attached hydrogens (tertiary/aromatic N) is 2. The molecule has 2 aromatic carbocycles. The first-order chi connectivity index (χ1) is 14.6. The summed E-state index contributed by atoms with van der Waals surface area (Å²) in [5, 5.41) is 0.448. The molecule has 0 bridgehead atoms. The van der Waals surface area contributed by atoms with E-state index in [9.17, 15) is 8.42 Å². The highest BCUT2D eigenvalue weighted by Gasteiger charge is 2.24. The standard InChI is InChI=1S/C22H23Cl2N3O3S/c1-5-18-21(14(3)27-31(28,29)17-10-11-19(23)20(24)12-17)25-15(4)26-22(18)30-16-8-6-13(2)7-9-16/h6-12,14,27H,5H2,1-4H3. The van der Waals surface area contributed by atoms with E-state index in [2.05, 4.69) is 14.7 Å². The van der Waals surface area contributed by atoms with Gasteiger partial charge in [0.05, 0.1) is 26.7 Å². The predicted octanol–water partition coefficient (Wildman–Crippen LogP) is 5.79. The zero-order valence-corrected chi connectivity index (χ0v) is 19.9. The summed E-state index contributed by atoms with van der Waals surface area (Å²) in [6.45, 7) is 7.41. The summed E-state index contributed by atoms with van der Waals surface area (Å²) < 4.78 is 34.4. The van der Waals surface area contributed by atoms with Gasteiger partial charge in [-0.15, -0.1) is 0 Å². The molecule has 3 aromatic rings. The molecule has 31 heavy (non-hydrogen) atoms. The molecule has 0 aliphatic heterocycles. The van der Waals surface area contributed by atoms with Gasteiger partial charge in [0.1, 0.15) is 11.6 Å². The molecule has 164 valence electrons. The smallest absolute Gasteiger partial charge is 0.241 e. The van der Waals surface area contributed by atoms with Crippen LogP contribution in [0.1, 0.15) is 42.5 Å². The van der Waals surface area contributed by atoms with Crippen molar-refractivity contribution in [3.8, 4) is 11.6 Å². The SMILES string of the molecule is CCc1c(Oc2ccc(C)cc2)nc(C)nc1C(C)NS(=O)(=O)c1ccc(Cl)c(Cl)c1. The molecular formula is C22H23Cl2N3O3S. The molecule has 1 aromatic heterocycles. The lowest BCUT2D eigenvalue weighted by Gasteiger charge is -2.19. The first-order valence-electron chi connectivity index (χ1n) is 9.70. The Labute approximate surface area is 192 Å². The topological polar surface area (TPSA) is 81.2 Å². The van der Waals surface area contributed by atoms with Crippen LogP contribution in [0.3, 0.4) is 0 Å². The van der Waals surface area contributed by atoms with Crippen LogP contribution < -0.4 is 9.46 Å². The van der Waals surface area contributed by atoms with Gasteiger partial charge in [0, 0.05) is 5.56 Å². The minimum absolute atomic E-state index is 0.0219. The van der Waals surface area contributed by atoms with Crippen molar-refractivity contribution in [1.29, 1.82) is 0 Å². The average Bonchev–Trinajstić information content (AvgIpc) is 2.71. The number of benzene rings is 2. The molecule has 0 saturated heterocycles. The summed E-state index contributed by atoms with van der Waals surface area (Å²) in [6.07, 6.45) is 0.565. The van der Waals surface area contributed by atoms with Crippen molar-refractivity contribution < 1.29 is 13.2 Å². The zero-order valence-electron chi connectivity index (χ0n) is 17.6. The van der Waals surface area contributed by atoms with Crippen molar-refractivity contribution in [2.45, 2.75) is 45.1 Å². The van der Waals surface area contributed by atoms with Crippen molar-refractivity contribution >= 4 is 33.2 Å². The molecule has 1 atom stereocenters. The van der Waals surface area contributed by atoms with E-state index in [1.54, 1.807) is 13.8 Å². The number of hydrogen-bond donors (Lipinski definition) is 1. The lowest BCUT2D eigenvalue weighted by atomic mass is 10.1. The molecule has 3 rings (SSSR count). The first-order valence-corrected chi connectivity index (χ1v) is 11.9. The average molecular weight is 480 g/mol. The van der Waals surface area contributed by atoms with Crippen molar-refractivity contribution in [2.24, 2.45) is 0 Å². The van der Waals surface area contributed by atoms with E-state index < -0.39 is 16.1 Å². The third kappa shape index (κ3) is 5.54. The maximum absolute atomic E-state index is 12.9. The van der Waals surface area contributed by atoms with E-state index in [1.165, 1.54) is 18.2 Å². The molecule has 1 N–H and O–H groups in total. The number of aryl methyl sites for hydroxylation is 2. The molecule has 0 spiro atoms. The summed E-state index contributed by atoms with van der Waals surface area (Å²) in [7, 11) is -3.86. The maximum Gasteiger partial charge on any atom is 0.241 e. The van der Waals surface area contributed by atoms with Gasteiger partial charge >= 0.3 is 0 Å². The Morgan fingerprint density at radius 2 is 1.71 bits per heavy atom. The lowest BCUT2D eigenvalue weighted by molar-refractivity contribution is 0.448. The van der Waals surface area contributed by atoms with Crippen LogP contribution in [0.2, 0.25) is 10.0 Å². The van der Waals surface area contributed by atoms with Gasteiger partial charge in [0.15, 0.2) is 0 Å². The van der Waals surface area contributed by atoms with Crippen LogP contribution in [-0.4, -0.2) is 18.4 Å². The van der Waals surface area contributed by atoms with E-state index in [-0.39, 0.29) is 14.9 Å². The van der Waals surface area contributed by atoms with E-state index in [0.717, 1.165) is 11.1 Å². The number of hydrogen-bond acceptors (Lipinski definition) is 5. The van der Waals surface area contributed by atoms with E-state index in [0.29, 0.717) is 29.6 Å². The van der Waals surface area contributed by atoms with Gasteiger partial charge in [-0.05, 0) is 57.5 Å². The van der Waals surface area contributed by atoms with Crippen LogP contribution in [-0.2, 0) is 16.4 Å². The number of rotatable bonds is 7. The Hall–Kier alpha value is -2.19. The molecule has 0 fully saturated rings. The van der Waals surface area contributed by atoms with Crippen molar-refractivity contribution in [3.05, 3.63) is 75.2 Å². The molecule has 1 heterocycles. The quantitative estimate of drug-likeness (QED) is 0.463. The van der Waals surface area contributed by atoms with Gasteiger partial charge in [0.2, 0.25) is 15.9 Å². The van der Waals surface area contributed by atoms with Gasteiger partial charge in [-0.25, -0.2) is 18.1 Å². The highest BCUT2D eigenvalue weighted by atomic mass is 35.5. The Morgan fingerprint density at radius 1 is 1.03 bits per heavy atom. The molecule has 6 nitrogen and oxygen atoms in total. The van der Waals surface area contributed by atoms with Crippen molar-refractivity contribution in [1.82, 2.24) is 14.7 Å². The Balaban J connectivity index is 1.94. The van der Waals surface area contributed by atoms with E-state index in [4.69, 9.17) is 27.9 Å². The largest absolute Gasteiger partial charge is 0.439 e. The second kappa shape index (κ2) is 9.53. The van der Waals surface area contributed by atoms with Crippen LogP contribution in [0.4, 0.5) is 0 Å². The second-order valence-electron chi connectivity index (χ2n) is 7.13. The Bertz CT molecular complexity index is 1200. The third-order valence-electron chi connectivity index (χ3n) is 4.65. The predicted molar refractivity (Wildman–Crippen MR) is 123 cm³/mol. The monoisotopic (exact) mass is 479 g/mol. The molecule has 0 aliphatic carbocycles. The fourth-order valence-electron chi connectivity index (χ4n) is 3.08. The number of ether oxygens (including phenoxy) is 1. The molecular weight excluding hydrogens is 457 g/mol. The highest BCUT2D eigenvalue weighted by molar-refractivity contribution is 7.89. The summed E-state index contributed by atoms with van der Waals surface area (Å²) in [6, 6.07) is 11.2. The highest BCUT2D eigenvalue weighted by Crippen LogP contribution is 2.30. The van der Waals surface area contributed by atoms with Crippen molar-refractivity contribution in [3.63, 3.8) is 0 Å². The van der Waals surface area contributed by atoms with Crippen LogP contribution in [0.15, 0.2) is 47.4 Å². The Kier molecular flexibility index (Phi) is 7.21. The third-order valence-corrected chi connectivity index (χ3v) is 6.92. The second-order valence-corrected chi connectivity index (χ2v) is 9.66. The van der Waals surface area contributed by atoms with Crippen LogP contribution in [0, 0.1) is 13.8 Å². The number of aromatic nitrogens is 2. The summed E-state index contributed by atoms with van der Waals surface area (Å²) >= 11 is 11.9. The fraction of sp³-hybridized carbons (Fsp3) is 0.273. The Morgan fingerprint density at radius 3 is 2.32 bits per heavy atom. The zero-order chi connectivity index (χ0) is 22.8. The van der Waals surface area contributed by atoms with Gasteiger partial charge in [-0.1, -0.05) is 47.8 Å². The minimum atomic E-state index is -3.86. The van der Waals surface area contributed by atoms with Gasteiger partial charge < -0.3 is 4.74 Å². The van der Waals surface area contributed by atoms with Crippen LogP contribution in [0.5, 0.6) is 11.6 Å². The molecule has 1 unspecified atom stereocenters. The minimum Gasteiger partial charge on any atom is -0.439 e. The van der Waals surface area contributed by atoms with Gasteiger partial charge in [-0.2, -0.15) is 4.98 Å².